The summed E-state index contributed by atoms with van der Waals surface area (Å²) in [6.07, 6.45) is 7.80. The van der Waals surface area contributed by atoms with Gasteiger partial charge in [0, 0.05) is 38.6 Å². The number of hydrogen-bond donors (Lipinski definition) is 0. The molecule has 1 aliphatic carbocycles. The van der Waals surface area contributed by atoms with Crippen molar-refractivity contribution in [1.29, 1.82) is 0 Å². The summed E-state index contributed by atoms with van der Waals surface area (Å²) in [5, 5.41) is 0. The van der Waals surface area contributed by atoms with Crippen LogP contribution in [0.5, 0.6) is 0 Å². The fourth-order valence-corrected chi connectivity index (χ4v) is 3.33. The van der Waals surface area contributed by atoms with Gasteiger partial charge in [0.1, 0.15) is 0 Å². The number of pyridine rings is 1. The van der Waals surface area contributed by atoms with Gasteiger partial charge >= 0.3 is 0 Å². The van der Waals surface area contributed by atoms with Crippen molar-refractivity contribution < 1.29 is 0 Å². The smallest absolute Gasteiger partial charge is 0.0594 e. The number of nitrogens with zero attached hydrogens (tertiary/aromatic N) is 3. The van der Waals surface area contributed by atoms with E-state index in [0.717, 1.165) is 18.2 Å². The maximum absolute atomic E-state index is 4.22. The second-order valence-corrected chi connectivity index (χ2v) is 6.65. The molecule has 3 nitrogen and oxygen atoms in total. The molecule has 1 aliphatic heterocycles. The maximum Gasteiger partial charge on any atom is 0.0594 e. The fraction of sp³-hybridized carbons (Fsp3) is 0.421. The Hall–Kier alpha value is -1.87. The van der Waals surface area contributed by atoms with E-state index in [4.69, 9.17) is 0 Å². The van der Waals surface area contributed by atoms with Crippen molar-refractivity contribution in [3.05, 3.63) is 53.9 Å². The van der Waals surface area contributed by atoms with E-state index in [1.807, 2.05) is 18.5 Å². The van der Waals surface area contributed by atoms with Gasteiger partial charge in [-0.25, -0.2) is 0 Å². The van der Waals surface area contributed by atoms with Crippen LogP contribution in [0.4, 0.5) is 11.4 Å². The molecule has 1 saturated carbocycles. The van der Waals surface area contributed by atoms with Gasteiger partial charge in [-0.15, -0.1) is 0 Å². The number of aromatic nitrogens is 1. The first kappa shape index (κ1) is 13.8. The van der Waals surface area contributed by atoms with Gasteiger partial charge in [0.2, 0.25) is 0 Å². The van der Waals surface area contributed by atoms with Crippen LogP contribution >= 0.6 is 0 Å². The summed E-state index contributed by atoms with van der Waals surface area (Å²) in [5.41, 5.74) is 5.41. The highest BCUT2D eigenvalue weighted by Crippen LogP contribution is 2.32. The number of benzene rings is 1. The summed E-state index contributed by atoms with van der Waals surface area (Å²) in [6, 6.07) is 11.0. The van der Waals surface area contributed by atoms with Gasteiger partial charge in [-0.3, -0.25) is 9.88 Å². The van der Waals surface area contributed by atoms with Crippen LogP contribution in [0.15, 0.2) is 42.7 Å². The van der Waals surface area contributed by atoms with E-state index in [2.05, 4.69) is 46.1 Å². The number of hydrogen-bond acceptors (Lipinski definition) is 3. The molecule has 0 amide bonds. The highest BCUT2D eigenvalue weighted by molar-refractivity contribution is 5.63. The Morgan fingerprint density at radius 3 is 2.86 bits per heavy atom. The Kier molecular flexibility index (Phi) is 3.59. The topological polar surface area (TPSA) is 19.4 Å². The number of fused-ring (bicyclic) bond motifs is 1. The van der Waals surface area contributed by atoms with Crippen LogP contribution in [-0.2, 0) is 13.0 Å². The molecule has 1 aromatic carbocycles. The lowest BCUT2D eigenvalue weighted by Gasteiger charge is -2.30. The van der Waals surface area contributed by atoms with E-state index < -0.39 is 0 Å². The molecule has 0 spiro atoms. The molecule has 2 aliphatic rings. The SMILES string of the molecule is CN(c1cccnc1)c1ccc2c(c1)CN(CC1CC1)CC2. The Morgan fingerprint density at radius 1 is 1.18 bits per heavy atom. The summed E-state index contributed by atoms with van der Waals surface area (Å²) in [7, 11) is 2.11. The molecule has 0 unspecified atom stereocenters. The molecule has 1 fully saturated rings. The summed E-state index contributed by atoms with van der Waals surface area (Å²) < 4.78 is 0. The first-order valence-corrected chi connectivity index (χ1v) is 8.27. The molecule has 0 bridgehead atoms. The Morgan fingerprint density at radius 2 is 2.09 bits per heavy atom. The zero-order valence-electron chi connectivity index (χ0n) is 13.2. The summed E-state index contributed by atoms with van der Waals surface area (Å²) in [4.78, 5) is 9.07. The van der Waals surface area contributed by atoms with Crippen molar-refractivity contribution in [2.45, 2.75) is 25.8 Å². The highest BCUT2D eigenvalue weighted by Gasteiger charge is 2.26. The predicted molar refractivity (Wildman–Crippen MR) is 90.4 cm³/mol. The van der Waals surface area contributed by atoms with Crippen LogP contribution in [0.25, 0.3) is 0 Å². The lowest BCUT2D eigenvalue weighted by Crippen LogP contribution is -2.32. The van der Waals surface area contributed by atoms with Crippen molar-refractivity contribution >= 4 is 11.4 Å². The first-order chi connectivity index (χ1) is 10.8. The zero-order chi connectivity index (χ0) is 14.9. The molecule has 0 saturated heterocycles. The fourth-order valence-electron chi connectivity index (χ4n) is 3.33. The van der Waals surface area contributed by atoms with Crippen LogP contribution in [0.1, 0.15) is 24.0 Å². The van der Waals surface area contributed by atoms with E-state index in [9.17, 15) is 0 Å². The minimum atomic E-state index is 0.975. The van der Waals surface area contributed by atoms with Crippen LogP contribution in [0.2, 0.25) is 0 Å². The monoisotopic (exact) mass is 293 g/mol. The van der Waals surface area contributed by atoms with Crippen molar-refractivity contribution in [1.82, 2.24) is 9.88 Å². The average molecular weight is 293 g/mol. The van der Waals surface area contributed by atoms with Gasteiger partial charge in [0.25, 0.3) is 0 Å². The molecule has 3 heteroatoms. The van der Waals surface area contributed by atoms with E-state index in [0.29, 0.717) is 0 Å². The Balaban J connectivity index is 1.55. The van der Waals surface area contributed by atoms with Gasteiger partial charge in [-0.1, -0.05) is 6.07 Å². The van der Waals surface area contributed by atoms with Crippen molar-refractivity contribution in [3.63, 3.8) is 0 Å². The summed E-state index contributed by atoms with van der Waals surface area (Å²) >= 11 is 0. The van der Waals surface area contributed by atoms with Crippen molar-refractivity contribution in [3.8, 4) is 0 Å². The molecule has 2 aromatic rings. The van der Waals surface area contributed by atoms with E-state index >= 15 is 0 Å². The van der Waals surface area contributed by atoms with E-state index in [-0.39, 0.29) is 0 Å². The second-order valence-electron chi connectivity index (χ2n) is 6.65. The van der Waals surface area contributed by atoms with Gasteiger partial charge in [0.05, 0.1) is 11.9 Å². The third kappa shape index (κ3) is 2.86. The number of rotatable bonds is 4. The maximum atomic E-state index is 4.22. The van der Waals surface area contributed by atoms with Crippen LogP contribution in [-0.4, -0.2) is 30.0 Å². The zero-order valence-corrected chi connectivity index (χ0v) is 13.2. The van der Waals surface area contributed by atoms with Gasteiger partial charge < -0.3 is 4.90 Å². The molecule has 0 atom stereocenters. The lowest BCUT2D eigenvalue weighted by molar-refractivity contribution is 0.244. The van der Waals surface area contributed by atoms with Gasteiger partial charge in [-0.2, -0.15) is 0 Å². The molecular formula is C19H23N3. The normalized spacial score (nSPS) is 18.0. The third-order valence-corrected chi connectivity index (χ3v) is 4.92. The van der Waals surface area contributed by atoms with Crippen LogP contribution < -0.4 is 4.90 Å². The third-order valence-electron chi connectivity index (χ3n) is 4.92. The van der Waals surface area contributed by atoms with E-state index in [1.54, 1.807) is 0 Å². The van der Waals surface area contributed by atoms with E-state index in [1.165, 1.54) is 49.2 Å². The number of anilines is 2. The summed E-state index contributed by atoms with van der Waals surface area (Å²) in [5.74, 6) is 0.975. The molecule has 1 aromatic heterocycles. The van der Waals surface area contributed by atoms with Gasteiger partial charge in [0.15, 0.2) is 0 Å². The Bertz CT molecular complexity index is 649. The first-order valence-electron chi connectivity index (χ1n) is 8.27. The van der Waals surface area contributed by atoms with Gasteiger partial charge in [-0.05, 0) is 60.6 Å². The van der Waals surface area contributed by atoms with Crippen molar-refractivity contribution in [2.24, 2.45) is 5.92 Å². The highest BCUT2D eigenvalue weighted by atomic mass is 15.1. The molecule has 22 heavy (non-hydrogen) atoms. The quantitative estimate of drug-likeness (QED) is 0.858. The Labute approximate surface area is 132 Å². The predicted octanol–water partition coefficient (Wildman–Crippen LogP) is 3.62. The minimum absolute atomic E-state index is 0.975. The lowest BCUT2D eigenvalue weighted by atomic mass is 9.98. The molecule has 4 rings (SSSR count). The molecule has 114 valence electrons. The second kappa shape index (κ2) is 5.73. The van der Waals surface area contributed by atoms with Crippen molar-refractivity contribution in [2.75, 3.05) is 25.0 Å². The molecular weight excluding hydrogens is 270 g/mol. The molecule has 0 N–H and O–H groups in total. The average Bonchev–Trinajstić information content (AvgIpc) is 3.38. The largest absolute Gasteiger partial charge is 0.343 e. The standard InChI is InChI=1S/C19H23N3/c1-21(19-3-2-9-20-12-19)18-7-6-16-8-10-22(13-15-4-5-15)14-17(16)11-18/h2-3,6-7,9,11-12,15H,4-5,8,10,13-14H2,1H3. The van der Waals surface area contributed by atoms with Crippen LogP contribution in [0, 0.1) is 5.92 Å². The minimum Gasteiger partial charge on any atom is -0.343 e. The molecule has 2 heterocycles. The van der Waals surface area contributed by atoms with Crippen LogP contribution in [0.3, 0.4) is 0 Å². The summed E-state index contributed by atoms with van der Waals surface area (Å²) in [6.45, 7) is 3.63. The molecule has 0 radical (unpaired) electrons.